The van der Waals surface area contributed by atoms with Gasteiger partial charge in [-0.05, 0) is 26.0 Å². The van der Waals surface area contributed by atoms with Gasteiger partial charge in [0.25, 0.3) is 0 Å². The zero-order chi connectivity index (χ0) is 13.9. The Balaban J connectivity index is 2.98. The molecule has 0 unspecified atom stereocenters. The minimum Gasteiger partial charge on any atom is -0.497 e. The van der Waals surface area contributed by atoms with Crippen molar-refractivity contribution >= 4 is 28.8 Å². The Morgan fingerprint density at radius 1 is 1.50 bits per heavy atom. The van der Waals surface area contributed by atoms with Crippen LogP contribution in [0.2, 0.25) is 0 Å². The molecule has 0 heterocycles. The summed E-state index contributed by atoms with van der Waals surface area (Å²) in [5.41, 5.74) is 4.45. The molecule has 1 aromatic carbocycles. The van der Waals surface area contributed by atoms with Gasteiger partial charge in [-0.15, -0.1) is 0 Å². The highest BCUT2D eigenvalue weighted by Gasteiger charge is 2.31. The summed E-state index contributed by atoms with van der Waals surface area (Å²) in [7, 11) is 1.46. The number of benzene rings is 1. The maximum atomic E-state index is 13.5. The van der Waals surface area contributed by atoms with Crippen molar-refractivity contribution in [1.29, 1.82) is 0 Å². The van der Waals surface area contributed by atoms with Crippen LogP contribution in [0.3, 0.4) is 0 Å². The largest absolute Gasteiger partial charge is 0.497 e. The summed E-state index contributed by atoms with van der Waals surface area (Å²) in [4.78, 5) is 12.0. The number of methoxy groups -OCH3 is 1. The van der Waals surface area contributed by atoms with E-state index in [-0.39, 0.29) is 10.7 Å². The molecule has 4 nitrogen and oxygen atoms in total. The van der Waals surface area contributed by atoms with Crippen LogP contribution in [-0.4, -0.2) is 18.0 Å². The number of rotatable bonds is 4. The topological polar surface area (TPSA) is 64.3 Å². The Labute approximate surface area is 110 Å². The molecule has 0 radical (unpaired) electrons. The normalized spacial score (nSPS) is 10.9. The maximum Gasteiger partial charge on any atom is 0.236 e. The van der Waals surface area contributed by atoms with Gasteiger partial charge in [-0.25, -0.2) is 4.39 Å². The van der Waals surface area contributed by atoms with Crippen LogP contribution in [0.1, 0.15) is 13.8 Å². The third kappa shape index (κ3) is 2.95. The van der Waals surface area contributed by atoms with E-state index < -0.39 is 17.1 Å². The van der Waals surface area contributed by atoms with E-state index >= 15 is 0 Å². The first-order valence-corrected chi connectivity index (χ1v) is 5.64. The van der Waals surface area contributed by atoms with E-state index in [1.807, 2.05) is 0 Å². The molecule has 1 rings (SSSR count). The number of ether oxygens (including phenoxy) is 1. The summed E-state index contributed by atoms with van der Waals surface area (Å²) in [6.45, 7) is 3.14. The van der Waals surface area contributed by atoms with Gasteiger partial charge in [0.2, 0.25) is 5.91 Å². The molecule has 6 heteroatoms. The van der Waals surface area contributed by atoms with Crippen molar-refractivity contribution < 1.29 is 13.9 Å². The van der Waals surface area contributed by atoms with Crippen molar-refractivity contribution in [3.8, 4) is 5.75 Å². The number of anilines is 1. The van der Waals surface area contributed by atoms with Crippen molar-refractivity contribution in [1.82, 2.24) is 0 Å². The van der Waals surface area contributed by atoms with Crippen molar-refractivity contribution in [2.75, 3.05) is 12.4 Å². The second kappa shape index (κ2) is 5.30. The van der Waals surface area contributed by atoms with Gasteiger partial charge in [0.1, 0.15) is 11.6 Å². The Kier molecular flexibility index (Phi) is 4.24. The number of thiocarbonyl (C=S) groups is 1. The molecule has 0 fully saturated rings. The van der Waals surface area contributed by atoms with E-state index in [2.05, 4.69) is 5.32 Å². The van der Waals surface area contributed by atoms with E-state index in [1.54, 1.807) is 13.8 Å². The summed E-state index contributed by atoms with van der Waals surface area (Å²) < 4.78 is 18.5. The second-order valence-electron chi connectivity index (χ2n) is 4.29. The molecule has 0 bridgehead atoms. The van der Waals surface area contributed by atoms with Crippen molar-refractivity contribution in [3.63, 3.8) is 0 Å². The Bertz CT molecular complexity index is 489. The van der Waals surface area contributed by atoms with Gasteiger partial charge in [-0.2, -0.15) is 0 Å². The quantitative estimate of drug-likeness (QED) is 0.822. The van der Waals surface area contributed by atoms with Gasteiger partial charge < -0.3 is 15.8 Å². The number of hydrogen-bond acceptors (Lipinski definition) is 3. The molecule has 1 aromatic rings. The molecular weight excluding hydrogens is 255 g/mol. The van der Waals surface area contributed by atoms with Crippen LogP contribution in [0.5, 0.6) is 5.75 Å². The van der Waals surface area contributed by atoms with E-state index in [9.17, 15) is 9.18 Å². The van der Waals surface area contributed by atoms with Gasteiger partial charge in [-0.3, -0.25) is 4.79 Å². The standard InChI is InChI=1S/C12H15FN2O2S/c1-12(2,10(14)18)11(16)15-9-6-7(17-3)4-5-8(9)13/h4-6H,1-3H3,(H2,14,18)(H,15,16). The number of nitrogens with one attached hydrogen (secondary N) is 1. The molecule has 3 N–H and O–H groups in total. The van der Waals surface area contributed by atoms with E-state index in [4.69, 9.17) is 22.7 Å². The lowest BCUT2D eigenvalue weighted by Crippen LogP contribution is -2.41. The summed E-state index contributed by atoms with van der Waals surface area (Å²) in [6, 6.07) is 4.06. The monoisotopic (exact) mass is 270 g/mol. The molecule has 1 amide bonds. The average Bonchev–Trinajstić information content (AvgIpc) is 2.31. The lowest BCUT2D eigenvalue weighted by molar-refractivity contribution is -0.121. The van der Waals surface area contributed by atoms with Crippen LogP contribution >= 0.6 is 12.2 Å². The number of hydrogen-bond donors (Lipinski definition) is 2. The average molecular weight is 270 g/mol. The summed E-state index contributed by atoms with van der Waals surface area (Å²) in [5, 5.41) is 2.45. The number of carbonyl (C=O) groups is 1. The van der Waals surface area contributed by atoms with Crippen LogP contribution in [0.25, 0.3) is 0 Å². The first-order chi connectivity index (χ1) is 8.28. The van der Waals surface area contributed by atoms with Gasteiger partial charge in [-0.1, -0.05) is 12.2 Å². The number of amides is 1. The molecule has 98 valence electrons. The second-order valence-corrected chi connectivity index (χ2v) is 4.73. The highest BCUT2D eigenvalue weighted by atomic mass is 32.1. The summed E-state index contributed by atoms with van der Waals surface area (Å²) >= 11 is 4.80. The molecule has 0 atom stereocenters. The number of nitrogens with two attached hydrogens (primary N) is 1. The van der Waals surface area contributed by atoms with E-state index in [1.165, 1.54) is 25.3 Å². The lowest BCUT2D eigenvalue weighted by Gasteiger charge is -2.22. The fourth-order valence-corrected chi connectivity index (χ4v) is 1.21. The molecule has 0 aliphatic rings. The SMILES string of the molecule is COc1ccc(F)c(NC(=O)C(C)(C)C(N)=S)c1. The fourth-order valence-electron chi connectivity index (χ4n) is 1.12. The van der Waals surface area contributed by atoms with E-state index in [0.29, 0.717) is 5.75 Å². The molecule has 0 saturated heterocycles. The lowest BCUT2D eigenvalue weighted by atomic mass is 9.92. The predicted molar refractivity (Wildman–Crippen MR) is 72.1 cm³/mol. The van der Waals surface area contributed by atoms with Crippen LogP contribution in [0.4, 0.5) is 10.1 Å². The molecule has 0 aliphatic carbocycles. The molecule has 0 aromatic heterocycles. The predicted octanol–water partition coefficient (Wildman–Crippen LogP) is 2.09. The van der Waals surface area contributed by atoms with E-state index in [0.717, 1.165) is 0 Å². The number of carbonyl (C=O) groups excluding carboxylic acids is 1. The van der Waals surface area contributed by atoms with Gasteiger partial charge >= 0.3 is 0 Å². The van der Waals surface area contributed by atoms with Gasteiger partial charge in [0.15, 0.2) is 0 Å². The third-order valence-electron chi connectivity index (χ3n) is 2.61. The maximum absolute atomic E-state index is 13.5. The highest BCUT2D eigenvalue weighted by molar-refractivity contribution is 7.80. The van der Waals surface area contributed by atoms with Crippen LogP contribution < -0.4 is 15.8 Å². The number of halogens is 1. The first-order valence-electron chi connectivity index (χ1n) is 5.24. The smallest absolute Gasteiger partial charge is 0.236 e. The summed E-state index contributed by atoms with van der Waals surface area (Å²) in [5.74, 6) is -0.579. The van der Waals surface area contributed by atoms with Gasteiger partial charge in [0.05, 0.1) is 23.2 Å². The zero-order valence-electron chi connectivity index (χ0n) is 10.4. The van der Waals surface area contributed by atoms with Crippen molar-refractivity contribution in [3.05, 3.63) is 24.0 Å². The Hall–Kier alpha value is -1.69. The first kappa shape index (κ1) is 14.4. The minimum absolute atomic E-state index is 0.0312. The zero-order valence-corrected chi connectivity index (χ0v) is 11.2. The van der Waals surface area contributed by atoms with Crippen LogP contribution in [0, 0.1) is 11.2 Å². The summed E-state index contributed by atoms with van der Waals surface area (Å²) in [6.07, 6.45) is 0. The third-order valence-corrected chi connectivity index (χ3v) is 3.12. The Morgan fingerprint density at radius 3 is 2.61 bits per heavy atom. The van der Waals surface area contributed by atoms with Gasteiger partial charge in [0, 0.05) is 6.07 Å². The molecule has 0 aliphatic heterocycles. The fraction of sp³-hybridized carbons (Fsp3) is 0.333. The molecule has 18 heavy (non-hydrogen) atoms. The molecular formula is C12H15FN2O2S. The molecule has 0 spiro atoms. The highest BCUT2D eigenvalue weighted by Crippen LogP contribution is 2.24. The Morgan fingerprint density at radius 2 is 2.11 bits per heavy atom. The van der Waals surface area contributed by atoms with Crippen LogP contribution in [-0.2, 0) is 4.79 Å². The van der Waals surface area contributed by atoms with Crippen LogP contribution in [0.15, 0.2) is 18.2 Å². The minimum atomic E-state index is -1.05. The molecule has 0 saturated carbocycles. The van der Waals surface area contributed by atoms with Crippen molar-refractivity contribution in [2.45, 2.75) is 13.8 Å². The van der Waals surface area contributed by atoms with Crippen molar-refractivity contribution in [2.24, 2.45) is 11.1 Å².